The van der Waals surface area contributed by atoms with Gasteiger partial charge in [0.25, 0.3) is 0 Å². The zero-order chi connectivity index (χ0) is 14.0. The molecule has 5 nitrogen and oxygen atoms in total. The fraction of sp³-hybridized carbons (Fsp3) is 0.154. The van der Waals surface area contributed by atoms with Gasteiger partial charge in [0.2, 0.25) is 0 Å². The van der Waals surface area contributed by atoms with Crippen molar-refractivity contribution >= 4 is 24.2 Å². The van der Waals surface area contributed by atoms with Gasteiger partial charge in [-0.15, -0.1) is 0 Å². The summed E-state index contributed by atoms with van der Waals surface area (Å²) in [5, 5.41) is 8.60. The predicted octanol–water partition coefficient (Wildman–Crippen LogP) is 1.39. The average Bonchev–Trinajstić information content (AvgIpc) is 2.37. The van der Waals surface area contributed by atoms with Crippen LogP contribution in [-0.2, 0) is 9.59 Å². The van der Waals surface area contributed by atoms with Crippen molar-refractivity contribution in [3.63, 3.8) is 0 Å². The minimum atomic E-state index is -0.889. The van der Waals surface area contributed by atoms with Crippen LogP contribution >= 0.6 is 0 Å². The fourth-order valence-electron chi connectivity index (χ4n) is 0.993. The summed E-state index contributed by atoms with van der Waals surface area (Å²) < 4.78 is 0. The van der Waals surface area contributed by atoms with E-state index in [1.54, 1.807) is 24.3 Å². The second-order valence-electron chi connectivity index (χ2n) is 3.40. The number of hydrogen-bond donors (Lipinski definition) is 1. The van der Waals surface area contributed by atoms with Crippen LogP contribution in [0.25, 0.3) is 0 Å². The predicted molar refractivity (Wildman–Crippen MR) is 69.0 cm³/mol. The molecule has 1 rings (SSSR count). The third-order valence-corrected chi connectivity index (χ3v) is 1.90. The van der Waals surface area contributed by atoms with Gasteiger partial charge in [-0.2, -0.15) is 0 Å². The fourth-order valence-corrected chi connectivity index (χ4v) is 0.993. The Morgan fingerprint density at radius 1 is 1.06 bits per heavy atom. The van der Waals surface area contributed by atoms with Gasteiger partial charge in [-0.25, -0.2) is 4.79 Å². The van der Waals surface area contributed by atoms with Gasteiger partial charge in [-0.05, 0) is 36.4 Å². The van der Waals surface area contributed by atoms with Crippen molar-refractivity contribution in [2.45, 2.75) is 0 Å². The van der Waals surface area contributed by atoms with Gasteiger partial charge >= 0.3 is 5.97 Å². The maximum atomic E-state index is 10.5. The zero-order valence-corrected chi connectivity index (χ0v) is 10.2. The minimum Gasteiger partial charge on any atom is -0.478 e. The molecule has 0 saturated carbocycles. The van der Waals surface area contributed by atoms with Crippen LogP contribution in [-0.4, -0.2) is 37.7 Å². The van der Waals surface area contributed by atoms with Gasteiger partial charge in [-0.1, -0.05) is 0 Å². The molecule has 1 aromatic carbocycles. The first-order valence-electron chi connectivity index (χ1n) is 5.09. The summed E-state index contributed by atoms with van der Waals surface area (Å²) in [6.07, 6.45) is 3.36. The SMILES string of the molecule is CN(C)c1ccc(C(=O)O)cc1.O=C/C=C\C=O. The second kappa shape index (κ2) is 8.69. The topological polar surface area (TPSA) is 74.7 Å². The van der Waals surface area contributed by atoms with Crippen LogP contribution < -0.4 is 4.90 Å². The normalized spacial score (nSPS) is 9.22. The molecule has 0 aliphatic heterocycles. The van der Waals surface area contributed by atoms with Crippen LogP contribution in [0.5, 0.6) is 0 Å². The lowest BCUT2D eigenvalue weighted by Crippen LogP contribution is -2.08. The summed E-state index contributed by atoms with van der Waals surface area (Å²) in [5.74, 6) is -0.889. The lowest BCUT2D eigenvalue weighted by molar-refractivity contribution is -0.106. The van der Waals surface area contributed by atoms with E-state index in [1.165, 1.54) is 0 Å². The summed E-state index contributed by atoms with van der Waals surface area (Å²) in [7, 11) is 3.82. The van der Waals surface area contributed by atoms with Crippen LogP contribution in [0.2, 0.25) is 0 Å². The van der Waals surface area contributed by atoms with Crippen LogP contribution in [0.3, 0.4) is 0 Å². The molecule has 0 aliphatic carbocycles. The number of aldehydes is 2. The summed E-state index contributed by atoms with van der Waals surface area (Å²) in [4.78, 5) is 31.0. The molecule has 0 aliphatic rings. The van der Waals surface area contributed by atoms with Gasteiger partial charge in [0, 0.05) is 19.8 Å². The van der Waals surface area contributed by atoms with Crippen LogP contribution in [0.15, 0.2) is 36.4 Å². The summed E-state index contributed by atoms with van der Waals surface area (Å²) in [6.45, 7) is 0. The molecule has 0 radical (unpaired) electrons. The highest BCUT2D eigenvalue weighted by Gasteiger charge is 2.01. The molecular weight excluding hydrogens is 234 g/mol. The van der Waals surface area contributed by atoms with E-state index in [4.69, 9.17) is 5.11 Å². The number of hydrogen-bond acceptors (Lipinski definition) is 4. The highest BCUT2D eigenvalue weighted by Crippen LogP contribution is 2.11. The first-order valence-corrected chi connectivity index (χ1v) is 5.09. The lowest BCUT2D eigenvalue weighted by Gasteiger charge is -2.11. The van der Waals surface area contributed by atoms with Crippen molar-refractivity contribution in [1.82, 2.24) is 0 Å². The van der Waals surface area contributed by atoms with Crippen molar-refractivity contribution in [3.8, 4) is 0 Å². The maximum Gasteiger partial charge on any atom is 0.335 e. The Balaban J connectivity index is 0.000000411. The number of allylic oxidation sites excluding steroid dienone is 2. The van der Waals surface area contributed by atoms with E-state index in [9.17, 15) is 14.4 Å². The van der Waals surface area contributed by atoms with E-state index in [2.05, 4.69) is 0 Å². The van der Waals surface area contributed by atoms with Crippen LogP contribution in [0, 0.1) is 0 Å². The van der Waals surface area contributed by atoms with Gasteiger partial charge in [-0.3, -0.25) is 9.59 Å². The summed E-state index contributed by atoms with van der Waals surface area (Å²) in [6, 6.07) is 6.75. The highest BCUT2D eigenvalue weighted by molar-refractivity contribution is 5.88. The average molecular weight is 249 g/mol. The number of nitrogens with zero attached hydrogens (tertiary/aromatic N) is 1. The molecule has 0 unspecified atom stereocenters. The van der Waals surface area contributed by atoms with Gasteiger partial charge in [0.15, 0.2) is 0 Å². The smallest absolute Gasteiger partial charge is 0.335 e. The molecule has 5 heteroatoms. The molecule has 0 amide bonds. The Kier molecular flexibility index (Phi) is 7.52. The van der Waals surface area contributed by atoms with Crippen molar-refractivity contribution in [2.75, 3.05) is 19.0 Å². The van der Waals surface area contributed by atoms with Crippen molar-refractivity contribution in [1.29, 1.82) is 0 Å². The second-order valence-corrected chi connectivity index (χ2v) is 3.40. The lowest BCUT2D eigenvalue weighted by atomic mass is 10.2. The third kappa shape index (κ3) is 6.22. The zero-order valence-electron chi connectivity index (χ0n) is 10.2. The maximum absolute atomic E-state index is 10.5. The van der Waals surface area contributed by atoms with Crippen LogP contribution in [0.4, 0.5) is 5.69 Å². The van der Waals surface area contributed by atoms with Gasteiger partial charge in [0.05, 0.1) is 5.56 Å². The third-order valence-electron chi connectivity index (χ3n) is 1.90. The summed E-state index contributed by atoms with van der Waals surface area (Å²) in [5.41, 5.74) is 1.32. The molecule has 1 aromatic rings. The number of carbonyl (C=O) groups excluding carboxylic acids is 2. The minimum absolute atomic E-state index is 0.320. The largest absolute Gasteiger partial charge is 0.478 e. The van der Waals surface area contributed by atoms with Crippen molar-refractivity contribution < 1.29 is 19.5 Å². The molecule has 1 N–H and O–H groups in total. The molecule has 0 atom stereocenters. The number of carboxylic acids is 1. The molecule has 0 heterocycles. The first kappa shape index (κ1) is 15.6. The van der Waals surface area contributed by atoms with E-state index in [-0.39, 0.29) is 0 Å². The molecular formula is C13H15NO4. The monoisotopic (exact) mass is 249 g/mol. The van der Waals surface area contributed by atoms with Crippen molar-refractivity contribution in [3.05, 3.63) is 42.0 Å². The standard InChI is InChI=1S/C9H11NO2.C4H4O2/c1-10(2)8-5-3-7(4-6-8)9(11)12;5-3-1-2-4-6/h3-6H,1-2H3,(H,11,12);1-4H/b;2-1-. The molecule has 0 fully saturated rings. The Labute approximate surface area is 105 Å². The number of rotatable bonds is 4. The van der Waals surface area contributed by atoms with E-state index >= 15 is 0 Å². The van der Waals surface area contributed by atoms with Gasteiger partial charge < -0.3 is 10.0 Å². The Morgan fingerprint density at radius 3 is 1.78 bits per heavy atom. The van der Waals surface area contributed by atoms with E-state index in [0.717, 1.165) is 17.8 Å². The quantitative estimate of drug-likeness (QED) is 0.644. The number of carbonyl (C=O) groups is 3. The molecule has 0 saturated heterocycles. The van der Waals surface area contributed by atoms with E-state index < -0.39 is 5.97 Å². The molecule has 96 valence electrons. The summed E-state index contributed by atoms with van der Waals surface area (Å²) >= 11 is 0. The molecule has 0 bridgehead atoms. The number of benzene rings is 1. The van der Waals surface area contributed by atoms with Crippen molar-refractivity contribution in [2.24, 2.45) is 0 Å². The highest BCUT2D eigenvalue weighted by atomic mass is 16.4. The number of anilines is 1. The van der Waals surface area contributed by atoms with Gasteiger partial charge in [0.1, 0.15) is 12.6 Å². The number of carboxylic acid groups (broad SMARTS) is 1. The molecule has 18 heavy (non-hydrogen) atoms. The van der Waals surface area contributed by atoms with Crippen LogP contribution in [0.1, 0.15) is 10.4 Å². The first-order chi connectivity index (χ1) is 8.52. The Morgan fingerprint density at radius 2 is 1.50 bits per heavy atom. The Bertz CT molecular complexity index is 411. The van der Waals surface area contributed by atoms with E-state index in [1.807, 2.05) is 19.0 Å². The Hall–Kier alpha value is -2.43. The van der Waals surface area contributed by atoms with E-state index in [0.29, 0.717) is 18.1 Å². The molecule has 0 aromatic heterocycles. The number of aromatic carboxylic acids is 1. The molecule has 0 spiro atoms.